The van der Waals surface area contributed by atoms with Gasteiger partial charge in [0.2, 0.25) is 5.12 Å². The van der Waals surface area contributed by atoms with E-state index < -0.39 is 0 Å². The minimum absolute atomic E-state index is 0.256. The summed E-state index contributed by atoms with van der Waals surface area (Å²) < 4.78 is 0. The lowest BCUT2D eigenvalue weighted by molar-refractivity contribution is -0.106. The largest absolute Gasteiger partial charge is 0.277 e. The van der Waals surface area contributed by atoms with Crippen molar-refractivity contribution in [2.75, 3.05) is 0 Å². The molecule has 0 fully saturated rings. The van der Waals surface area contributed by atoms with E-state index in [2.05, 4.69) is 12.6 Å². The third kappa shape index (κ3) is 4.15. The van der Waals surface area contributed by atoms with Crippen LogP contribution in [0.1, 0.15) is 26.7 Å². The average Bonchev–Trinajstić information content (AvgIpc) is 1.82. The molecular weight excluding hydrogens is 132 g/mol. The van der Waals surface area contributed by atoms with Gasteiger partial charge in [0, 0.05) is 0 Å². The van der Waals surface area contributed by atoms with Crippen LogP contribution in [0.5, 0.6) is 0 Å². The Labute approximate surface area is 61.6 Å². The van der Waals surface area contributed by atoms with Crippen LogP contribution in [0.3, 0.4) is 0 Å². The Hall–Kier alpha value is -0.370. The van der Waals surface area contributed by atoms with E-state index in [9.17, 15) is 4.79 Å². The van der Waals surface area contributed by atoms with Gasteiger partial charge in [-0.25, -0.2) is 0 Å². The summed E-state index contributed by atoms with van der Waals surface area (Å²) in [6.45, 7) is 4.04. The summed E-state index contributed by atoms with van der Waals surface area (Å²) in [5, 5.41) is -0.256. The first-order valence-electron chi connectivity index (χ1n) is 3.11. The summed E-state index contributed by atoms with van der Waals surface area (Å²) in [7, 11) is 0. The Morgan fingerprint density at radius 1 is 1.44 bits per heavy atom. The second-order valence-electron chi connectivity index (χ2n) is 1.83. The molecule has 0 aliphatic heterocycles. The lowest BCUT2D eigenvalue weighted by Gasteiger charge is -1.94. The molecule has 51 valence electrons. The van der Waals surface area contributed by atoms with Crippen molar-refractivity contribution >= 4 is 17.7 Å². The van der Waals surface area contributed by atoms with E-state index >= 15 is 0 Å². The van der Waals surface area contributed by atoms with Gasteiger partial charge in [-0.2, -0.15) is 0 Å². The molecule has 1 nitrogen and oxygen atoms in total. The molecule has 0 unspecified atom stereocenters. The molecule has 0 saturated heterocycles. The van der Waals surface area contributed by atoms with Crippen LogP contribution >= 0.6 is 12.6 Å². The van der Waals surface area contributed by atoms with E-state index in [0.717, 1.165) is 18.4 Å². The van der Waals surface area contributed by atoms with Gasteiger partial charge in [-0.15, -0.1) is 0 Å². The van der Waals surface area contributed by atoms with Crippen LogP contribution < -0.4 is 0 Å². The summed E-state index contributed by atoms with van der Waals surface area (Å²) in [5.74, 6) is 0. The molecule has 0 atom stereocenters. The average molecular weight is 143 g/mol. The first kappa shape index (κ1) is 8.63. The van der Waals surface area contributed by atoms with Crippen molar-refractivity contribution in [3.63, 3.8) is 0 Å². The summed E-state index contributed by atoms with van der Waals surface area (Å²) in [6, 6.07) is 0. The van der Waals surface area contributed by atoms with Gasteiger partial charge < -0.3 is 0 Å². The molecule has 0 aromatic rings. The van der Waals surface area contributed by atoms with Crippen LogP contribution in [-0.4, -0.2) is 5.12 Å². The van der Waals surface area contributed by atoms with Gasteiger partial charge in [-0.3, -0.25) is 4.79 Å². The summed E-state index contributed by atoms with van der Waals surface area (Å²) in [4.78, 5) is 10.3. The third-order valence-electron chi connectivity index (χ3n) is 1.23. The highest BCUT2D eigenvalue weighted by Crippen LogP contribution is 2.05. The Morgan fingerprint density at radius 2 is 1.89 bits per heavy atom. The number of allylic oxidation sites excluding steroid dienone is 1. The van der Waals surface area contributed by atoms with Crippen LogP contribution in [-0.2, 0) is 4.79 Å². The van der Waals surface area contributed by atoms with Gasteiger partial charge in [0.05, 0.1) is 0 Å². The minimum Gasteiger partial charge on any atom is -0.277 e. The van der Waals surface area contributed by atoms with Gasteiger partial charge in [0.15, 0.2) is 0 Å². The fraction of sp³-hybridized carbons (Fsp3) is 0.571. The molecule has 1 radical (unpaired) electrons. The van der Waals surface area contributed by atoms with E-state index in [4.69, 9.17) is 0 Å². The molecule has 0 aliphatic carbocycles. The van der Waals surface area contributed by atoms with E-state index in [-0.39, 0.29) is 5.12 Å². The molecule has 0 aromatic carbocycles. The predicted molar refractivity (Wildman–Crippen MR) is 41.3 cm³/mol. The zero-order valence-electron chi connectivity index (χ0n) is 5.81. The van der Waals surface area contributed by atoms with Crippen molar-refractivity contribution in [2.24, 2.45) is 0 Å². The first-order chi connectivity index (χ1) is 4.20. The third-order valence-corrected chi connectivity index (χ3v) is 1.35. The highest BCUT2D eigenvalue weighted by molar-refractivity contribution is 7.97. The summed E-state index contributed by atoms with van der Waals surface area (Å²) in [6.07, 6.45) is 3.40. The highest BCUT2D eigenvalue weighted by atomic mass is 32.1. The van der Waals surface area contributed by atoms with Crippen LogP contribution in [0.2, 0.25) is 0 Å². The highest BCUT2D eigenvalue weighted by Gasteiger charge is 1.92. The van der Waals surface area contributed by atoms with Crippen molar-refractivity contribution in [2.45, 2.75) is 26.7 Å². The molecule has 0 N–H and O–H groups in total. The number of hydrogen-bond acceptors (Lipinski definition) is 1. The molecule has 0 heterocycles. The maximum atomic E-state index is 10.3. The Kier molecular flexibility index (Phi) is 4.32. The predicted octanol–water partition coefficient (Wildman–Crippen LogP) is 2.46. The molecule has 0 aliphatic rings. The normalized spacial score (nSPS) is 8.67. The fourth-order valence-electron chi connectivity index (χ4n) is 0.621. The quantitative estimate of drug-likeness (QED) is 0.555. The Bertz CT molecular complexity index is 121. The molecule has 9 heavy (non-hydrogen) atoms. The number of carbonyl (C=O) groups excluding carboxylic acids is 1. The monoisotopic (exact) mass is 143 g/mol. The molecule has 0 spiro atoms. The van der Waals surface area contributed by atoms with Crippen LogP contribution in [0.4, 0.5) is 0 Å². The van der Waals surface area contributed by atoms with Crippen LogP contribution in [0.25, 0.3) is 0 Å². The van der Waals surface area contributed by atoms with Gasteiger partial charge in [0.25, 0.3) is 0 Å². The molecule has 0 saturated carbocycles. The lowest BCUT2D eigenvalue weighted by atomic mass is 10.1. The molecule has 0 amide bonds. The second-order valence-corrected chi connectivity index (χ2v) is 2.23. The van der Waals surface area contributed by atoms with E-state index in [1.165, 1.54) is 6.08 Å². The van der Waals surface area contributed by atoms with Gasteiger partial charge in [-0.1, -0.05) is 19.4 Å². The van der Waals surface area contributed by atoms with Crippen molar-refractivity contribution in [3.8, 4) is 0 Å². The maximum Gasteiger partial charge on any atom is 0.242 e. The van der Waals surface area contributed by atoms with E-state index in [0.29, 0.717) is 0 Å². The molecule has 2 heteroatoms. The van der Waals surface area contributed by atoms with Gasteiger partial charge in [-0.05, 0) is 31.5 Å². The Morgan fingerprint density at radius 3 is 2.00 bits per heavy atom. The van der Waals surface area contributed by atoms with Crippen molar-refractivity contribution in [1.29, 1.82) is 0 Å². The van der Waals surface area contributed by atoms with Crippen molar-refractivity contribution in [1.82, 2.24) is 0 Å². The fourth-order valence-corrected chi connectivity index (χ4v) is 0.787. The van der Waals surface area contributed by atoms with Crippen LogP contribution in [0, 0.1) is 0 Å². The number of hydrogen-bond donors (Lipinski definition) is 0. The summed E-state index contributed by atoms with van der Waals surface area (Å²) >= 11 is 4.37. The molecule has 0 rings (SSSR count). The number of rotatable bonds is 3. The number of carbonyl (C=O) groups is 1. The lowest BCUT2D eigenvalue weighted by Crippen LogP contribution is -1.83. The maximum absolute atomic E-state index is 10.3. The first-order valence-corrected chi connectivity index (χ1v) is 3.52. The Balaban J connectivity index is 3.91. The van der Waals surface area contributed by atoms with Crippen molar-refractivity contribution < 1.29 is 4.79 Å². The smallest absolute Gasteiger partial charge is 0.242 e. The molecular formula is C7H11OS. The topological polar surface area (TPSA) is 17.1 Å². The van der Waals surface area contributed by atoms with Crippen molar-refractivity contribution in [3.05, 3.63) is 11.6 Å². The SMILES string of the molecule is CCC(=CC(=O)[S])CC. The van der Waals surface area contributed by atoms with Gasteiger partial charge in [0.1, 0.15) is 0 Å². The van der Waals surface area contributed by atoms with Crippen LogP contribution in [0.15, 0.2) is 11.6 Å². The molecule has 0 bridgehead atoms. The zero-order chi connectivity index (χ0) is 7.28. The minimum atomic E-state index is -0.256. The van der Waals surface area contributed by atoms with E-state index in [1.807, 2.05) is 13.8 Å². The van der Waals surface area contributed by atoms with E-state index in [1.54, 1.807) is 0 Å². The molecule has 0 aromatic heterocycles. The standard InChI is InChI=1S/C7H11OS/c1-3-6(4-2)5-7(8)9/h5H,3-4H2,1-2H3. The zero-order valence-corrected chi connectivity index (χ0v) is 6.62. The summed E-state index contributed by atoms with van der Waals surface area (Å²) in [5.41, 5.74) is 1.13. The second kappa shape index (κ2) is 4.50. The van der Waals surface area contributed by atoms with Gasteiger partial charge >= 0.3 is 0 Å².